The molecule has 0 spiro atoms. The van der Waals surface area contributed by atoms with Crippen molar-refractivity contribution in [3.8, 4) is 0 Å². The van der Waals surface area contributed by atoms with Crippen molar-refractivity contribution < 1.29 is 4.92 Å². The lowest BCUT2D eigenvalue weighted by atomic mass is 10.1. The Kier molecular flexibility index (Phi) is 7.32. The standard InChI is InChI=1S/C16H27N3O2/c1-13(2)18(4)11-6-5-10-17-14(3)15-8-7-9-16(12-15)19(20)21/h7-9,12-14,17H,5-6,10-11H2,1-4H3. The van der Waals surface area contributed by atoms with E-state index in [2.05, 4.69) is 31.1 Å². The Morgan fingerprint density at radius 2 is 2.00 bits per heavy atom. The first-order chi connectivity index (χ1) is 9.91. The Hall–Kier alpha value is -1.46. The first kappa shape index (κ1) is 17.6. The summed E-state index contributed by atoms with van der Waals surface area (Å²) < 4.78 is 0. The van der Waals surface area contributed by atoms with Crippen LogP contribution in [0.1, 0.15) is 45.2 Å². The quantitative estimate of drug-likeness (QED) is 0.431. The fourth-order valence-corrected chi connectivity index (χ4v) is 2.09. The van der Waals surface area contributed by atoms with Crippen molar-refractivity contribution in [3.05, 3.63) is 39.9 Å². The second-order valence-electron chi connectivity index (χ2n) is 5.81. The van der Waals surface area contributed by atoms with Crippen LogP contribution < -0.4 is 5.32 Å². The summed E-state index contributed by atoms with van der Waals surface area (Å²) in [6, 6.07) is 7.55. The van der Waals surface area contributed by atoms with Gasteiger partial charge in [0.25, 0.3) is 5.69 Å². The lowest BCUT2D eigenvalue weighted by Crippen LogP contribution is -2.28. The van der Waals surface area contributed by atoms with Gasteiger partial charge in [0.15, 0.2) is 0 Å². The Morgan fingerprint density at radius 3 is 2.62 bits per heavy atom. The van der Waals surface area contributed by atoms with Gasteiger partial charge in [0.2, 0.25) is 0 Å². The molecule has 118 valence electrons. The molecule has 0 saturated carbocycles. The lowest BCUT2D eigenvalue weighted by Gasteiger charge is -2.21. The maximum absolute atomic E-state index is 10.8. The van der Waals surface area contributed by atoms with Crippen LogP contribution in [0.15, 0.2) is 24.3 Å². The van der Waals surface area contributed by atoms with E-state index < -0.39 is 0 Å². The molecule has 0 bridgehead atoms. The van der Waals surface area contributed by atoms with E-state index in [0.29, 0.717) is 6.04 Å². The first-order valence-electron chi connectivity index (χ1n) is 7.59. The Balaban J connectivity index is 2.32. The highest BCUT2D eigenvalue weighted by Gasteiger charge is 2.10. The third-order valence-corrected chi connectivity index (χ3v) is 3.85. The van der Waals surface area contributed by atoms with E-state index in [-0.39, 0.29) is 16.7 Å². The van der Waals surface area contributed by atoms with Crippen molar-refractivity contribution in [1.82, 2.24) is 10.2 Å². The molecule has 0 aliphatic rings. The van der Waals surface area contributed by atoms with Crippen LogP contribution in [0.2, 0.25) is 0 Å². The third-order valence-electron chi connectivity index (χ3n) is 3.85. The summed E-state index contributed by atoms with van der Waals surface area (Å²) >= 11 is 0. The van der Waals surface area contributed by atoms with Crippen molar-refractivity contribution in [3.63, 3.8) is 0 Å². The smallest absolute Gasteiger partial charge is 0.269 e. The predicted octanol–water partition coefficient (Wildman–Crippen LogP) is 3.37. The van der Waals surface area contributed by atoms with Crippen molar-refractivity contribution in [2.24, 2.45) is 0 Å². The maximum atomic E-state index is 10.8. The summed E-state index contributed by atoms with van der Waals surface area (Å²) in [5, 5.41) is 14.2. The van der Waals surface area contributed by atoms with Gasteiger partial charge in [-0.2, -0.15) is 0 Å². The molecule has 0 fully saturated rings. The fourth-order valence-electron chi connectivity index (χ4n) is 2.09. The molecule has 1 atom stereocenters. The normalized spacial score (nSPS) is 12.9. The molecule has 0 heterocycles. The van der Waals surface area contributed by atoms with E-state index >= 15 is 0 Å². The van der Waals surface area contributed by atoms with Gasteiger partial charge in [0, 0.05) is 24.2 Å². The van der Waals surface area contributed by atoms with E-state index in [1.54, 1.807) is 12.1 Å². The zero-order valence-corrected chi connectivity index (χ0v) is 13.5. The van der Waals surface area contributed by atoms with Crippen LogP contribution in [-0.4, -0.2) is 36.0 Å². The minimum atomic E-state index is -0.349. The van der Waals surface area contributed by atoms with E-state index in [1.165, 1.54) is 6.07 Å². The second-order valence-corrected chi connectivity index (χ2v) is 5.81. The summed E-state index contributed by atoms with van der Waals surface area (Å²) in [5.41, 5.74) is 1.11. The molecule has 1 N–H and O–H groups in total. The summed E-state index contributed by atoms with van der Waals surface area (Å²) in [6.45, 7) is 8.46. The van der Waals surface area contributed by atoms with Crippen LogP contribution in [0.25, 0.3) is 0 Å². The molecule has 0 aliphatic heterocycles. The summed E-state index contributed by atoms with van der Waals surface area (Å²) in [5.74, 6) is 0. The van der Waals surface area contributed by atoms with Gasteiger partial charge in [-0.15, -0.1) is 0 Å². The molecule has 0 radical (unpaired) electrons. The molecule has 5 nitrogen and oxygen atoms in total. The molecule has 1 unspecified atom stereocenters. The molecule has 1 aromatic rings. The summed E-state index contributed by atoms with van der Waals surface area (Å²) in [6.07, 6.45) is 2.26. The molecule has 5 heteroatoms. The molecule has 21 heavy (non-hydrogen) atoms. The minimum absolute atomic E-state index is 0.132. The number of nitrogens with one attached hydrogen (secondary N) is 1. The lowest BCUT2D eigenvalue weighted by molar-refractivity contribution is -0.384. The zero-order valence-electron chi connectivity index (χ0n) is 13.5. The first-order valence-corrected chi connectivity index (χ1v) is 7.59. The monoisotopic (exact) mass is 293 g/mol. The van der Waals surface area contributed by atoms with E-state index in [4.69, 9.17) is 0 Å². The average molecular weight is 293 g/mol. The van der Waals surface area contributed by atoms with Gasteiger partial charge in [-0.3, -0.25) is 10.1 Å². The van der Waals surface area contributed by atoms with Crippen LogP contribution in [-0.2, 0) is 0 Å². The summed E-state index contributed by atoms with van der Waals surface area (Å²) in [7, 11) is 2.14. The minimum Gasteiger partial charge on any atom is -0.310 e. The Morgan fingerprint density at radius 1 is 1.29 bits per heavy atom. The van der Waals surface area contributed by atoms with Gasteiger partial charge in [-0.25, -0.2) is 0 Å². The second kappa shape index (κ2) is 8.74. The number of nitro benzene ring substituents is 1. The number of non-ortho nitro benzene ring substituents is 1. The number of nitro groups is 1. The number of rotatable bonds is 9. The molecule has 0 aromatic heterocycles. The van der Waals surface area contributed by atoms with Crippen LogP contribution in [0.4, 0.5) is 5.69 Å². The summed E-state index contributed by atoms with van der Waals surface area (Å²) in [4.78, 5) is 12.8. The molecular weight excluding hydrogens is 266 g/mol. The number of hydrogen-bond acceptors (Lipinski definition) is 4. The highest BCUT2D eigenvalue weighted by atomic mass is 16.6. The van der Waals surface area contributed by atoms with Crippen LogP contribution in [0.3, 0.4) is 0 Å². The Labute approximate surface area is 127 Å². The highest BCUT2D eigenvalue weighted by Crippen LogP contribution is 2.18. The van der Waals surface area contributed by atoms with Gasteiger partial charge in [-0.1, -0.05) is 12.1 Å². The van der Waals surface area contributed by atoms with Gasteiger partial charge in [0.1, 0.15) is 0 Å². The topological polar surface area (TPSA) is 58.4 Å². The largest absolute Gasteiger partial charge is 0.310 e. The highest BCUT2D eigenvalue weighted by molar-refractivity contribution is 5.35. The van der Waals surface area contributed by atoms with Gasteiger partial charge in [0.05, 0.1) is 4.92 Å². The molecule has 1 rings (SSSR count). The third kappa shape index (κ3) is 6.23. The van der Waals surface area contributed by atoms with Crippen LogP contribution in [0.5, 0.6) is 0 Å². The van der Waals surface area contributed by atoms with Crippen molar-refractivity contribution >= 4 is 5.69 Å². The molecule has 1 aromatic carbocycles. The van der Waals surface area contributed by atoms with Crippen molar-refractivity contribution in [2.45, 2.75) is 45.7 Å². The van der Waals surface area contributed by atoms with Crippen molar-refractivity contribution in [1.29, 1.82) is 0 Å². The fraction of sp³-hybridized carbons (Fsp3) is 0.625. The Bertz CT molecular complexity index is 449. The SMILES string of the molecule is CC(NCCCCN(C)C(C)C)c1cccc([N+](=O)[O-])c1. The number of unbranched alkanes of at least 4 members (excludes halogenated alkanes) is 1. The number of nitrogens with zero attached hydrogens (tertiary/aromatic N) is 2. The number of benzene rings is 1. The van der Waals surface area contributed by atoms with Gasteiger partial charge < -0.3 is 10.2 Å². The molecule has 0 aliphatic carbocycles. The molecule has 0 amide bonds. The van der Waals surface area contributed by atoms with Crippen LogP contribution >= 0.6 is 0 Å². The number of hydrogen-bond donors (Lipinski definition) is 1. The van der Waals surface area contributed by atoms with E-state index in [0.717, 1.165) is 31.5 Å². The molecule has 0 saturated heterocycles. The maximum Gasteiger partial charge on any atom is 0.269 e. The zero-order chi connectivity index (χ0) is 15.8. The van der Waals surface area contributed by atoms with E-state index in [9.17, 15) is 10.1 Å². The van der Waals surface area contributed by atoms with Crippen molar-refractivity contribution in [2.75, 3.05) is 20.1 Å². The van der Waals surface area contributed by atoms with E-state index in [1.807, 2.05) is 13.0 Å². The van der Waals surface area contributed by atoms with Gasteiger partial charge in [-0.05, 0) is 59.3 Å². The molecular formula is C16H27N3O2. The predicted molar refractivity (Wildman–Crippen MR) is 86.5 cm³/mol. The van der Waals surface area contributed by atoms with Crippen LogP contribution in [0, 0.1) is 10.1 Å². The van der Waals surface area contributed by atoms with Gasteiger partial charge >= 0.3 is 0 Å². The average Bonchev–Trinajstić information content (AvgIpc) is 2.46.